The smallest absolute Gasteiger partial charge is 0.221 e. The summed E-state index contributed by atoms with van der Waals surface area (Å²) in [5, 5.41) is 6.35. The summed E-state index contributed by atoms with van der Waals surface area (Å²) < 4.78 is 0. The average molecular weight is 301 g/mol. The van der Waals surface area contributed by atoms with Gasteiger partial charge in [-0.1, -0.05) is 25.3 Å². The fourth-order valence-electron chi connectivity index (χ4n) is 2.91. The summed E-state index contributed by atoms with van der Waals surface area (Å²) in [6, 6.07) is 2.66. The van der Waals surface area contributed by atoms with Crippen LogP contribution in [0.2, 0.25) is 0 Å². The van der Waals surface area contributed by atoms with Crippen LogP contribution in [0, 0.1) is 0 Å². The Labute approximate surface area is 133 Å². The molecule has 1 aromatic heterocycles. The maximum atomic E-state index is 11.2. The number of aromatic nitrogens is 1. The molecule has 0 atom stereocenters. The molecular weight excluding hydrogens is 274 g/mol. The first kappa shape index (κ1) is 16.5. The number of carbonyl (C=O) groups is 1. The fourth-order valence-corrected chi connectivity index (χ4v) is 2.91. The Balaban J connectivity index is 1.68. The van der Waals surface area contributed by atoms with E-state index in [9.17, 15) is 4.79 Å². The molecule has 22 heavy (non-hydrogen) atoms. The highest BCUT2D eigenvalue weighted by Crippen LogP contribution is 2.18. The second-order valence-corrected chi connectivity index (χ2v) is 6.01. The summed E-state index contributed by atoms with van der Waals surface area (Å²) >= 11 is 0. The van der Waals surface area contributed by atoms with Gasteiger partial charge in [-0.2, -0.15) is 0 Å². The van der Waals surface area contributed by atoms with Crippen molar-refractivity contribution < 1.29 is 4.79 Å². The Kier molecular flexibility index (Phi) is 6.94. The predicted octanol–water partition coefficient (Wildman–Crippen LogP) is 3.80. The molecule has 1 amide bonds. The molecule has 0 aliphatic heterocycles. The number of aryl methyl sites for hydroxylation is 1. The molecule has 0 spiro atoms. The second-order valence-electron chi connectivity index (χ2n) is 6.01. The zero-order valence-electron chi connectivity index (χ0n) is 13.5. The molecule has 4 heteroatoms. The molecule has 1 aromatic rings. The largest absolute Gasteiger partial charge is 0.388 e. The van der Waals surface area contributed by atoms with E-state index >= 15 is 0 Å². The van der Waals surface area contributed by atoms with E-state index in [2.05, 4.69) is 27.9 Å². The zero-order chi connectivity index (χ0) is 15.6. The number of amides is 1. The van der Waals surface area contributed by atoms with Crippen molar-refractivity contribution in [2.75, 3.05) is 5.32 Å². The van der Waals surface area contributed by atoms with Crippen LogP contribution in [-0.2, 0) is 11.2 Å². The third kappa shape index (κ3) is 5.88. The minimum atomic E-state index is -0.0502. The minimum Gasteiger partial charge on any atom is -0.388 e. The highest BCUT2D eigenvalue weighted by molar-refractivity contribution is 5.89. The Morgan fingerprint density at radius 1 is 1.36 bits per heavy atom. The van der Waals surface area contributed by atoms with Crippen molar-refractivity contribution >= 4 is 11.6 Å². The number of carbonyl (C=O) groups excluding carboxylic acids is 1. The third-order valence-electron chi connectivity index (χ3n) is 4.09. The van der Waals surface area contributed by atoms with Gasteiger partial charge in [0.2, 0.25) is 5.91 Å². The minimum absolute atomic E-state index is 0.0502. The van der Waals surface area contributed by atoms with Crippen molar-refractivity contribution in [2.24, 2.45) is 0 Å². The summed E-state index contributed by atoms with van der Waals surface area (Å²) in [7, 11) is 0. The van der Waals surface area contributed by atoms with Crippen LogP contribution >= 0.6 is 0 Å². The predicted molar refractivity (Wildman–Crippen MR) is 90.6 cm³/mol. The van der Waals surface area contributed by atoms with Crippen LogP contribution in [-0.4, -0.2) is 16.9 Å². The number of nitrogens with zero attached hydrogens (tertiary/aromatic N) is 1. The van der Waals surface area contributed by atoms with Gasteiger partial charge in [-0.05, 0) is 49.9 Å². The van der Waals surface area contributed by atoms with E-state index in [-0.39, 0.29) is 5.91 Å². The Morgan fingerprint density at radius 2 is 2.18 bits per heavy atom. The Hall–Kier alpha value is -1.84. The highest BCUT2D eigenvalue weighted by Gasteiger charge is 2.10. The molecule has 1 heterocycles. The lowest BCUT2D eigenvalue weighted by Crippen LogP contribution is -2.26. The number of hydrogen-bond donors (Lipinski definition) is 2. The maximum Gasteiger partial charge on any atom is 0.221 e. The number of allylic oxidation sites excluding steroid dienone is 1. The van der Waals surface area contributed by atoms with Gasteiger partial charge in [-0.15, -0.1) is 0 Å². The quantitative estimate of drug-likeness (QED) is 0.753. The topological polar surface area (TPSA) is 54.0 Å². The van der Waals surface area contributed by atoms with Crippen LogP contribution in [0.1, 0.15) is 57.4 Å². The van der Waals surface area contributed by atoms with E-state index < -0.39 is 0 Å². The molecule has 4 nitrogen and oxygen atoms in total. The van der Waals surface area contributed by atoms with Crippen molar-refractivity contribution in [1.29, 1.82) is 0 Å². The molecule has 1 fully saturated rings. The van der Waals surface area contributed by atoms with Gasteiger partial charge in [0, 0.05) is 19.2 Å². The van der Waals surface area contributed by atoms with Gasteiger partial charge in [0.15, 0.2) is 0 Å². The van der Waals surface area contributed by atoms with Gasteiger partial charge in [0.1, 0.15) is 0 Å². The summed E-state index contributed by atoms with van der Waals surface area (Å²) in [4.78, 5) is 15.2. The average Bonchev–Trinajstić information content (AvgIpc) is 2.52. The molecule has 1 aliphatic rings. The van der Waals surface area contributed by atoms with Gasteiger partial charge in [0.05, 0.1) is 11.9 Å². The van der Waals surface area contributed by atoms with Crippen molar-refractivity contribution in [3.63, 3.8) is 0 Å². The number of pyridine rings is 1. The molecule has 0 bridgehead atoms. The lowest BCUT2D eigenvalue weighted by atomic mass is 9.96. The van der Waals surface area contributed by atoms with E-state index in [0.717, 1.165) is 30.5 Å². The van der Waals surface area contributed by atoms with Crippen molar-refractivity contribution in [3.05, 3.63) is 36.3 Å². The lowest BCUT2D eigenvalue weighted by molar-refractivity contribution is -0.114. The van der Waals surface area contributed by atoms with Crippen molar-refractivity contribution in [3.8, 4) is 0 Å². The van der Waals surface area contributed by atoms with Gasteiger partial charge in [-0.25, -0.2) is 0 Å². The number of rotatable bonds is 7. The fraction of sp³-hybridized carbons (Fsp3) is 0.556. The number of hydrogen-bond acceptors (Lipinski definition) is 3. The normalized spacial score (nSPS) is 15.9. The van der Waals surface area contributed by atoms with Gasteiger partial charge in [-0.3, -0.25) is 9.78 Å². The number of nitrogens with one attached hydrogen (secondary N) is 2. The first-order valence-corrected chi connectivity index (χ1v) is 8.37. The molecule has 0 saturated heterocycles. The van der Waals surface area contributed by atoms with Crippen LogP contribution in [0.4, 0.5) is 5.69 Å². The van der Waals surface area contributed by atoms with Gasteiger partial charge < -0.3 is 10.6 Å². The molecule has 120 valence electrons. The third-order valence-corrected chi connectivity index (χ3v) is 4.09. The summed E-state index contributed by atoms with van der Waals surface area (Å²) in [6.07, 6.45) is 17.6. The standard InChI is InChI=1S/C18H27N3O/c1-15(22)21-18-14-19-13-11-16(18)8-4-3-7-12-20-17-9-5-2-6-10-17/h7,11-14,17,20H,2-6,8-10H2,1H3,(H,21,22)/b12-7+. The van der Waals surface area contributed by atoms with Crippen LogP contribution in [0.25, 0.3) is 0 Å². The van der Waals surface area contributed by atoms with Crippen molar-refractivity contribution in [2.45, 2.75) is 64.3 Å². The van der Waals surface area contributed by atoms with E-state index in [1.165, 1.54) is 39.0 Å². The Morgan fingerprint density at radius 3 is 2.95 bits per heavy atom. The lowest BCUT2D eigenvalue weighted by Gasteiger charge is -2.21. The summed E-state index contributed by atoms with van der Waals surface area (Å²) in [5.74, 6) is -0.0502. The maximum absolute atomic E-state index is 11.2. The van der Waals surface area contributed by atoms with Crippen LogP contribution < -0.4 is 10.6 Å². The van der Waals surface area contributed by atoms with Crippen LogP contribution in [0.15, 0.2) is 30.7 Å². The number of unbranched alkanes of at least 4 members (excludes halogenated alkanes) is 1. The molecule has 1 aliphatic carbocycles. The number of anilines is 1. The molecule has 0 radical (unpaired) electrons. The SMILES string of the molecule is CC(=O)Nc1cnccc1CCC/C=C/NC1CCCCC1. The van der Waals surface area contributed by atoms with Crippen LogP contribution in [0.5, 0.6) is 0 Å². The monoisotopic (exact) mass is 301 g/mol. The van der Waals surface area contributed by atoms with Crippen LogP contribution in [0.3, 0.4) is 0 Å². The molecule has 1 saturated carbocycles. The zero-order valence-corrected chi connectivity index (χ0v) is 13.5. The first-order chi connectivity index (χ1) is 10.8. The van der Waals surface area contributed by atoms with E-state index in [1.807, 2.05) is 6.07 Å². The van der Waals surface area contributed by atoms with E-state index in [0.29, 0.717) is 6.04 Å². The molecule has 2 N–H and O–H groups in total. The first-order valence-electron chi connectivity index (χ1n) is 8.37. The molecule has 0 unspecified atom stereocenters. The second kappa shape index (κ2) is 9.23. The molecular formula is C18H27N3O. The highest BCUT2D eigenvalue weighted by atomic mass is 16.1. The van der Waals surface area contributed by atoms with Gasteiger partial charge >= 0.3 is 0 Å². The Bertz CT molecular complexity index is 493. The van der Waals surface area contributed by atoms with Crippen molar-refractivity contribution in [1.82, 2.24) is 10.3 Å². The molecule has 2 rings (SSSR count). The van der Waals surface area contributed by atoms with E-state index in [1.54, 1.807) is 12.4 Å². The molecule has 0 aromatic carbocycles. The summed E-state index contributed by atoms with van der Waals surface area (Å²) in [5.41, 5.74) is 1.98. The van der Waals surface area contributed by atoms with E-state index in [4.69, 9.17) is 0 Å². The summed E-state index contributed by atoms with van der Waals surface area (Å²) in [6.45, 7) is 1.52. The van der Waals surface area contributed by atoms with Gasteiger partial charge in [0.25, 0.3) is 0 Å².